The van der Waals surface area contributed by atoms with Crippen LogP contribution in [0.1, 0.15) is 46.0 Å². The molecule has 0 saturated carbocycles. The van der Waals surface area contributed by atoms with Crippen LogP contribution in [0, 0.1) is 6.92 Å². The van der Waals surface area contributed by atoms with Crippen LogP contribution in [0.5, 0.6) is 0 Å². The third-order valence-corrected chi connectivity index (χ3v) is 6.62. The van der Waals surface area contributed by atoms with E-state index in [9.17, 15) is 18.0 Å². The highest BCUT2D eigenvalue weighted by atomic mass is 32.2. The van der Waals surface area contributed by atoms with Crippen molar-refractivity contribution in [1.29, 1.82) is 0 Å². The topological polar surface area (TPSA) is 92.8 Å². The van der Waals surface area contributed by atoms with E-state index < -0.39 is 21.9 Å². The van der Waals surface area contributed by atoms with Crippen LogP contribution in [0.3, 0.4) is 0 Å². The zero-order chi connectivity index (χ0) is 21.0. The van der Waals surface area contributed by atoms with Crippen LogP contribution in [-0.4, -0.2) is 39.2 Å². The van der Waals surface area contributed by atoms with Crippen molar-refractivity contribution in [3.8, 4) is 0 Å². The van der Waals surface area contributed by atoms with Crippen molar-refractivity contribution in [3.63, 3.8) is 0 Å². The maximum Gasteiger partial charge on any atom is 0.340 e. The van der Waals surface area contributed by atoms with Crippen molar-refractivity contribution in [2.45, 2.75) is 26.7 Å². The van der Waals surface area contributed by atoms with E-state index in [1.807, 2.05) is 6.92 Å². The second-order valence-corrected chi connectivity index (χ2v) is 8.83. The number of ether oxygens (including phenoxy) is 1. The van der Waals surface area contributed by atoms with E-state index in [2.05, 4.69) is 5.32 Å². The van der Waals surface area contributed by atoms with Gasteiger partial charge in [0.15, 0.2) is 0 Å². The Morgan fingerprint density at radius 1 is 1.14 bits per heavy atom. The van der Waals surface area contributed by atoms with Crippen LogP contribution in [0.15, 0.2) is 42.5 Å². The lowest BCUT2D eigenvalue weighted by Crippen LogP contribution is -2.38. The minimum absolute atomic E-state index is 0.107. The molecule has 29 heavy (non-hydrogen) atoms. The highest BCUT2D eigenvalue weighted by Crippen LogP contribution is 2.28. The Hall–Kier alpha value is -2.87. The second-order valence-electron chi connectivity index (χ2n) is 6.82. The van der Waals surface area contributed by atoms with E-state index in [1.54, 1.807) is 49.4 Å². The Kier molecular flexibility index (Phi) is 6.22. The minimum atomic E-state index is -3.38. The smallest absolute Gasteiger partial charge is 0.340 e. The van der Waals surface area contributed by atoms with Crippen molar-refractivity contribution in [2.75, 3.05) is 28.5 Å². The number of hydrogen-bond donors (Lipinski definition) is 1. The number of carbonyl (C=O) groups is 2. The number of anilines is 2. The molecule has 0 aliphatic carbocycles. The maximum absolute atomic E-state index is 12.8. The molecule has 1 fully saturated rings. The van der Waals surface area contributed by atoms with Crippen LogP contribution < -0.4 is 9.62 Å². The summed E-state index contributed by atoms with van der Waals surface area (Å²) in [5, 5.41) is 2.73. The number of amides is 1. The molecular formula is C21H24N2O5S. The molecule has 0 radical (unpaired) electrons. The largest absolute Gasteiger partial charge is 0.462 e. The summed E-state index contributed by atoms with van der Waals surface area (Å²) in [6, 6.07) is 11.5. The number of carbonyl (C=O) groups excluding carboxylic acids is 2. The van der Waals surface area contributed by atoms with E-state index in [4.69, 9.17) is 4.74 Å². The van der Waals surface area contributed by atoms with E-state index >= 15 is 0 Å². The van der Waals surface area contributed by atoms with Crippen molar-refractivity contribution < 1.29 is 22.7 Å². The number of benzene rings is 2. The van der Waals surface area contributed by atoms with E-state index in [0.29, 0.717) is 29.9 Å². The molecule has 0 atom stereocenters. The second kappa shape index (κ2) is 8.65. The van der Waals surface area contributed by atoms with Gasteiger partial charge in [-0.1, -0.05) is 18.2 Å². The SMILES string of the molecule is CCOC(=O)c1ccccc1NC(=O)c1ccc(C)c(N2CCCCS2(=O)=O)c1. The minimum Gasteiger partial charge on any atom is -0.462 e. The summed E-state index contributed by atoms with van der Waals surface area (Å²) in [6.07, 6.45) is 1.42. The lowest BCUT2D eigenvalue weighted by atomic mass is 10.1. The molecule has 1 saturated heterocycles. The maximum atomic E-state index is 12.8. The lowest BCUT2D eigenvalue weighted by Gasteiger charge is -2.29. The third-order valence-electron chi connectivity index (χ3n) is 4.76. The molecule has 8 heteroatoms. The van der Waals surface area contributed by atoms with Gasteiger partial charge >= 0.3 is 5.97 Å². The molecule has 1 heterocycles. The van der Waals surface area contributed by atoms with Gasteiger partial charge in [-0.2, -0.15) is 0 Å². The quantitative estimate of drug-likeness (QED) is 0.755. The van der Waals surface area contributed by atoms with Crippen LogP contribution in [-0.2, 0) is 14.8 Å². The predicted molar refractivity (Wildman–Crippen MR) is 112 cm³/mol. The summed E-state index contributed by atoms with van der Waals surface area (Å²) in [7, 11) is -3.38. The summed E-state index contributed by atoms with van der Waals surface area (Å²) in [6.45, 7) is 4.16. The third kappa shape index (κ3) is 4.59. The molecule has 2 aromatic rings. The normalized spacial score (nSPS) is 15.6. The first kappa shape index (κ1) is 20.9. The van der Waals surface area contributed by atoms with Crippen LogP contribution in [0.2, 0.25) is 0 Å². The Balaban J connectivity index is 1.89. The molecule has 2 aromatic carbocycles. The summed E-state index contributed by atoms with van der Waals surface area (Å²) in [4.78, 5) is 24.9. The molecule has 1 amide bonds. The van der Waals surface area contributed by atoms with Crippen LogP contribution >= 0.6 is 0 Å². The van der Waals surface area contributed by atoms with E-state index in [0.717, 1.165) is 12.0 Å². The van der Waals surface area contributed by atoms with Gasteiger partial charge in [-0.15, -0.1) is 0 Å². The van der Waals surface area contributed by atoms with Gasteiger partial charge in [-0.3, -0.25) is 9.10 Å². The summed E-state index contributed by atoms with van der Waals surface area (Å²) in [5.74, 6) is -0.847. The van der Waals surface area contributed by atoms with Crippen molar-refractivity contribution in [3.05, 3.63) is 59.2 Å². The fourth-order valence-electron chi connectivity index (χ4n) is 3.25. The number of hydrogen-bond acceptors (Lipinski definition) is 5. The standard InChI is InChI=1S/C21H24N2O5S/c1-3-28-21(25)17-8-4-5-9-18(17)22-20(24)16-11-10-15(2)19(14-16)23-12-6-7-13-29(23,26)27/h4-5,8-11,14H,3,6-7,12-13H2,1-2H3,(H,22,24). The average Bonchev–Trinajstić information content (AvgIpc) is 2.69. The fourth-order valence-corrected chi connectivity index (χ4v) is 4.95. The summed E-state index contributed by atoms with van der Waals surface area (Å²) >= 11 is 0. The number of esters is 1. The Morgan fingerprint density at radius 3 is 2.62 bits per heavy atom. The van der Waals surface area contributed by atoms with E-state index in [1.165, 1.54) is 4.31 Å². The molecule has 0 aromatic heterocycles. The molecule has 0 bridgehead atoms. The molecule has 3 rings (SSSR count). The number of aryl methyl sites for hydroxylation is 1. The summed E-state index contributed by atoms with van der Waals surface area (Å²) in [5.41, 5.74) is 2.19. The number of rotatable bonds is 5. The van der Waals surface area contributed by atoms with Crippen molar-refractivity contribution >= 4 is 33.3 Å². The van der Waals surface area contributed by atoms with Gasteiger partial charge in [0.2, 0.25) is 10.0 Å². The predicted octanol–water partition coefficient (Wildman–Crippen LogP) is 3.35. The van der Waals surface area contributed by atoms with Gasteiger partial charge in [0.1, 0.15) is 0 Å². The van der Waals surface area contributed by atoms with Crippen LogP contribution in [0.4, 0.5) is 11.4 Å². The molecule has 0 unspecified atom stereocenters. The molecule has 154 valence electrons. The van der Waals surface area contributed by atoms with Gasteiger partial charge < -0.3 is 10.1 Å². The number of sulfonamides is 1. The molecule has 1 N–H and O–H groups in total. The van der Waals surface area contributed by atoms with Gasteiger partial charge in [-0.05, 0) is 56.5 Å². The monoisotopic (exact) mass is 416 g/mol. The Bertz CT molecular complexity index is 1030. The fraction of sp³-hybridized carbons (Fsp3) is 0.333. The van der Waals surface area contributed by atoms with Gasteiger partial charge in [-0.25, -0.2) is 13.2 Å². The number of para-hydroxylation sites is 1. The van der Waals surface area contributed by atoms with Crippen molar-refractivity contribution in [2.24, 2.45) is 0 Å². The molecule has 7 nitrogen and oxygen atoms in total. The lowest BCUT2D eigenvalue weighted by molar-refractivity contribution is 0.0527. The highest BCUT2D eigenvalue weighted by Gasteiger charge is 2.27. The first-order valence-corrected chi connectivity index (χ1v) is 11.1. The average molecular weight is 416 g/mol. The van der Waals surface area contributed by atoms with Gasteiger partial charge in [0.05, 0.1) is 29.3 Å². The first-order chi connectivity index (χ1) is 13.8. The van der Waals surface area contributed by atoms with E-state index in [-0.39, 0.29) is 17.9 Å². The Labute approximate surface area is 170 Å². The molecule has 0 spiro atoms. The zero-order valence-electron chi connectivity index (χ0n) is 16.5. The number of nitrogens with one attached hydrogen (secondary N) is 1. The number of nitrogens with zero attached hydrogens (tertiary/aromatic N) is 1. The highest BCUT2D eigenvalue weighted by molar-refractivity contribution is 7.92. The van der Waals surface area contributed by atoms with Gasteiger partial charge in [0, 0.05) is 12.1 Å². The van der Waals surface area contributed by atoms with Gasteiger partial charge in [0.25, 0.3) is 5.91 Å². The Morgan fingerprint density at radius 2 is 1.90 bits per heavy atom. The molecule has 1 aliphatic rings. The van der Waals surface area contributed by atoms with Crippen LogP contribution in [0.25, 0.3) is 0 Å². The summed E-state index contributed by atoms with van der Waals surface area (Å²) < 4.78 is 31.3. The van der Waals surface area contributed by atoms with Crippen molar-refractivity contribution in [1.82, 2.24) is 0 Å². The molecular weight excluding hydrogens is 392 g/mol. The first-order valence-electron chi connectivity index (χ1n) is 9.52. The zero-order valence-corrected chi connectivity index (χ0v) is 17.3. The molecule has 1 aliphatic heterocycles.